The normalized spacial score (nSPS) is 19.9. The molecule has 0 fully saturated rings. The lowest BCUT2D eigenvalue weighted by molar-refractivity contribution is -0.160. The van der Waals surface area contributed by atoms with Crippen molar-refractivity contribution in [1.82, 2.24) is 0 Å². The van der Waals surface area contributed by atoms with Crippen LogP contribution in [-0.4, -0.2) is 11.6 Å². The molecular weight excluding hydrogens is 391 g/mol. The minimum Gasteiger partial charge on any atom is -0.459 e. The van der Waals surface area contributed by atoms with Crippen LogP contribution in [0.5, 0.6) is 0 Å². The van der Waals surface area contributed by atoms with E-state index in [9.17, 15) is 4.79 Å². The SMILES string of the molecule is CC(C)(C)OC(=O)C1(C(=C2C(Cl)=C2Cl)C(C)(C)C)C(C(C)(C)C)=C1C(C)(C)C. The van der Waals surface area contributed by atoms with Crippen molar-refractivity contribution in [2.45, 2.75) is 88.7 Å². The van der Waals surface area contributed by atoms with Crippen LogP contribution in [0.3, 0.4) is 0 Å². The smallest absolute Gasteiger partial charge is 0.325 e. The second kappa shape index (κ2) is 6.38. The highest BCUT2D eigenvalue weighted by atomic mass is 35.5. The van der Waals surface area contributed by atoms with Crippen LogP contribution in [0.4, 0.5) is 0 Å². The average molecular weight is 427 g/mol. The first-order valence-electron chi connectivity index (χ1n) is 9.99. The zero-order valence-electron chi connectivity index (χ0n) is 19.6. The van der Waals surface area contributed by atoms with Gasteiger partial charge in [-0.25, -0.2) is 0 Å². The van der Waals surface area contributed by atoms with Gasteiger partial charge >= 0.3 is 5.97 Å². The van der Waals surface area contributed by atoms with E-state index in [2.05, 4.69) is 62.3 Å². The lowest BCUT2D eigenvalue weighted by Crippen LogP contribution is -2.39. The van der Waals surface area contributed by atoms with Gasteiger partial charge in [0, 0.05) is 5.57 Å². The highest BCUT2D eigenvalue weighted by Gasteiger charge is 2.70. The van der Waals surface area contributed by atoms with E-state index in [-0.39, 0.29) is 22.2 Å². The molecule has 0 aliphatic heterocycles. The molecule has 0 bridgehead atoms. The second-order valence-electron chi connectivity index (χ2n) is 12.1. The lowest BCUT2D eigenvalue weighted by Gasteiger charge is -2.37. The first-order valence-corrected chi connectivity index (χ1v) is 10.7. The van der Waals surface area contributed by atoms with E-state index in [0.29, 0.717) is 10.1 Å². The van der Waals surface area contributed by atoms with E-state index in [1.165, 1.54) is 0 Å². The molecule has 0 radical (unpaired) electrons. The van der Waals surface area contributed by atoms with Gasteiger partial charge in [-0.3, -0.25) is 4.79 Å². The van der Waals surface area contributed by atoms with Crippen LogP contribution in [0.25, 0.3) is 0 Å². The molecule has 2 rings (SSSR count). The molecule has 0 aromatic heterocycles. The Morgan fingerprint density at radius 2 is 1.11 bits per heavy atom. The Morgan fingerprint density at radius 1 is 0.750 bits per heavy atom. The van der Waals surface area contributed by atoms with Crippen molar-refractivity contribution in [3.63, 3.8) is 0 Å². The molecule has 28 heavy (non-hydrogen) atoms. The molecule has 2 aliphatic carbocycles. The Bertz CT molecular complexity index is 773. The van der Waals surface area contributed by atoms with Crippen molar-refractivity contribution in [3.8, 4) is 0 Å². The Balaban J connectivity index is 2.85. The van der Waals surface area contributed by atoms with Crippen LogP contribution in [0.15, 0.2) is 32.4 Å². The maximum absolute atomic E-state index is 13.9. The molecule has 2 aliphatic rings. The van der Waals surface area contributed by atoms with Gasteiger partial charge in [-0.15, -0.1) is 0 Å². The molecule has 0 saturated heterocycles. The fourth-order valence-corrected chi connectivity index (χ4v) is 5.08. The number of hydrogen-bond donors (Lipinski definition) is 0. The lowest BCUT2D eigenvalue weighted by atomic mass is 9.67. The molecule has 0 aromatic rings. The molecule has 0 spiro atoms. The van der Waals surface area contributed by atoms with E-state index in [1.807, 2.05) is 20.8 Å². The van der Waals surface area contributed by atoms with Crippen molar-refractivity contribution in [2.75, 3.05) is 0 Å². The summed E-state index contributed by atoms with van der Waals surface area (Å²) in [5, 5.41) is 1.14. The quantitative estimate of drug-likeness (QED) is 0.332. The molecule has 0 saturated carbocycles. The first kappa shape index (κ1) is 23.5. The Hall–Kier alpha value is -0.730. The number of hydrogen-bond acceptors (Lipinski definition) is 2. The zero-order chi connectivity index (χ0) is 22.2. The van der Waals surface area contributed by atoms with Crippen molar-refractivity contribution in [1.29, 1.82) is 0 Å². The summed E-state index contributed by atoms with van der Waals surface area (Å²) in [5.41, 5.74) is 1.91. The van der Waals surface area contributed by atoms with Crippen molar-refractivity contribution in [2.24, 2.45) is 21.7 Å². The van der Waals surface area contributed by atoms with Gasteiger partial charge in [0.1, 0.15) is 11.0 Å². The summed E-state index contributed by atoms with van der Waals surface area (Å²) >= 11 is 12.8. The van der Waals surface area contributed by atoms with Crippen LogP contribution in [0.1, 0.15) is 83.1 Å². The molecule has 0 atom stereocenters. The van der Waals surface area contributed by atoms with Gasteiger partial charge < -0.3 is 4.74 Å². The maximum Gasteiger partial charge on any atom is 0.325 e. The van der Waals surface area contributed by atoms with E-state index in [4.69, 9.17) is 27.9 Å². The number of carbonyl (C=O) groups excluding carboxylic acids is 1. The average Bonchev–Trinajstić information content (AvgIpc) is 3.24. The Kier molecular flexibility index (Phi) is 5.37. The summed E-state index contributed by atoms with van der Waals surface area (Å²) in [6, 6.07) is 0. The number of ether oxygens (including phenoxy) is 1. The third-order valence-corrected chi connectivity index (χ3v) is 5.94. The number of halogens is 2. The minimum absolute atomic E-state index is 0.190. The van der Waals surface area contributed by atoms with Gasteiger partial charge in [0.15, 0.2) is 0 Å². The fraction of sp³-hybridized carbons (Fsp3) is 0.708. The molecular formula is C24H36Cl2O2. The monoisotopic (exact) mass is 426 g/mol. The zero-order valence-corrected chi connectivity index (χ0v) is 21.1. The highest BCUT2D eigenvalue weighted by Crippen LogP contribution is 2.74. The Morgan fingerprint density at radius 3 is 1.32 bits per heavy atom. The number of rotatable bonds is 2. The van der Waals surface area contributed by atoms with Crippen LogP contribution in [0.2, 0.25) is 0 Å². The van der Waals surface area contributed by atoms with Gasteiger partial charge in [0.2, 0.25) is 0 Å². The van der Waals surface area contributed by atoms with E-state index in [0.717, 1.165) is 22.3 Å². The summed E-state index contributed by atoms with van der Waals surface area (Å²) in [5.74, 6) is -0.215. The highest BCUT2D eigenvalue weighted by molar-refractivity contribution is 6.50. The van der Waals surface area contributed by atoms with Gasteiger partial charge in [-0.05, 0) is 53.7 Å². The second-order valence-corrected chi connectivity index (χ2v) is 12.9. The number of allylic oxidation sites excluding steroid dienone is 3. The molecule has 0 N–H and O–H groups in total. The minimum atomic E-state index is -0.895. The maximum atomic E-state index is 13.9. The van der Waals surface area contributed by atoms with Crippen LogP contribution in [-0.2, 0) is 9.53 Å². The number of esters is 1. The first-order chi connectivity index (χ1) is 12.2. The fourth-order valence-electron chi connectivity index (χ4n) is 4.56. The summed E-state index contributed by atoms with van der Waals surface area (Å²) in [4.78, 5) is 13.9. The van der Waals surface area contributed by atoms with Crippen molar-refractivity contribution < 1.29 is 9.53 Å². The summed E-state index contributed by atoms with van der Waals surface area (Å²) in [7, 11) is 0. The summed E-state index contributed by atoms with van der Waals surface area (Å²) in [6.45, 7) is 25.1. The van der Waals surface area contributed by atoms with Gasteiger partial charge in [0.25, 0.3) is 0 Å². The molecule has 2 nitrogen and oxygen atoms in total. The molecule has 0 amide bonds. The van der Waals surface area contributed by atoms with Crippen LogP contribution in [0, 0.1) is 21.7 Å². The van der Waals surface area contributed by atoms with Crippen LogP contribution < -0.4 is 0 Å². The summed E-state index contributed by atoms with van der Waals surface area (Å²) in [6.07, 6.45) is 0. The third kappa shape index (κ3) is 3.84. The van der Waals surface area contributed by atoms with Crippen molar-refractivity contribution >= 4 is 29.2 Å². The van der Waals surface area contributed by atoms with Crippen LogP contribution >= 0.6 is 23.2 Å². The van der Waals surface area contributed by atoms with Crippen molar-refractivity contribution in [3.05, 3.63) is 32.4 Å². The van der Waals surface area contributed by atoms with E-state index >= 15 is 0 Å². The van der Waals surface area contributed by atoms with E-state index < -0.39 is 11.0 Å². The predicted molar refractivity (Wildman–Crippen MR) is 119 cm³/mol. The largest absolute Gasteiger partial charge is 0.459 e. The third-order valence-electron chi connectivity index (χ3n) is 5.09. The molecule has 0 unspecified atom stereocenters. The van der Waals surface area contributed by atoms with E-state index in [1.54, 1.807) is 0 Å². The molecule has 0 aromatic carbocycles. The summed E-state index contributed by atoms with van der Waals surface area (Å²) < 4.78 is 6.02. The Labute approximate surface area is 181 Å². The topological polar surface area (TPSA) is 26.3 Å². The number of carbonyl (C=O) groups is 1. The molecule has 158 valence electrons. The van der Waals surface area contributed by atoms with Gasteiger partial charge in [0.05, 0.1) is 10.1 Å². The predicted octanol–water partition coefficient (Wildman–Crippen LogP) is 7.76. The van der Waals surface area contributed by atoms with Gasteiger partial charge in [-0.2, -0.15) is 0 Å². The molecule has 4 heteroatoms. The molecule has 0 heterocycles. The van der Waals surface area contributed by atoms with Gasteiger partial charge in [-0.1, -0.05) is 85.5 Å². The standard InChI is InChI=1S/C24H36Cl2O2/c1-20(2,3)16(13-14(25)15(13)26)24(19(27)28-23(10,11)12)17(21(4,5)6)18(24)22(7,8)9/h1-12H3.